The van der Waals surface area contributed by atoms with Crippen molar-refractivity contribution in [1.82, 2.24) is 0 Å². The molecule has 47 heavy (non-hydrogen) atoms. The van der Waals surface area contributed by atoms with Gasteiger partial charge in [-0.25, -0.2) is 0 Å². The third kappa shape index (κ3) is 3.71. The molecule has 230 valence electrons. The van der Waals surface area contributed by atoms with E-state index in [4.69, 9.17) is 4.42 Å². The van der Waals surface area contributed by atoms with Gasteiger partial charge in [-0.3, -0.25) is 0 Å². The Kier molecular flexibility index (Phi) is 5.84. The fraction of sp³-hybridized carbons (Fsp3) is 0. The lowest BCUT2D eigenvalue weighted by Crippen LogP contribution is -1.96. The molecular weight excluding hydrogens is 600 g/mol. The van der Waals surface area contributed by atoms with E-state index in [-0.39, 0.29) is 32.7 Å². The fourth-order valence-corrected chi connectivity index (χ4v) is 6.71. The van der Waals surface area contributed by atoms with Crippen molar-refractivity contribution in [2.75, 3.05) is 0 Å². The highest BCUT2D eigenvalue weighted by atomic mass is 16.4. The van der Waals surface area contributed by atoms with Gasteiger partial charge in [-0.2, -0.15) is 0 Å². The van der Waals surface area contributed by atoms with Gasteiger partial charge in [0.05, 0.1) is 0 Å². The minimum Gasteiger partial charge on any atom is -0.504 e. The predicted molar refractivity (Wildman–Crippen MR) is 178 cm³/mol. The zero-order valence-electron chi connectivity index (χ0n) is 24.2. The number of fused-ring (bicyclic) bond motifs is 5. The Morgan fingerprint density at radius 2 is 0.745 bits per heavy atom. The van der Waals surface area contributed by atoms with Gasteiger partial charge in [-0.05, 0) is 34.4 Å². The van der Waals surface area contributed by atoms with Gasteiger partial charge in [0.1, 0.15) is 11.2 Å². The summed E-state index contributed by atoms with van der Waals surface area (Å²) in [6.45, 7) is 0. The fourth-order valence-electron chi connectivity index (χ4n) is 6.71. The number of furan rings is 1. The number of rotatable bonds is 3. The van der Waals surface area contributed by atoms with E-state index in [2.05, 4.69) is 0 Å². The van der Waals surface area contributed by atoms with Gasteiger partial charge in [0.25, 0.3) is 0 Å². The molecule has 0 amide bonds. The maximum Gasteiger partial charge on any atom is 0.204 e. The van der Waals surface area contributed by atoms with Crippen LogP contribution in [0.4, 0.5) is 0 Å². The first-order valence-electron chi connectivity index (χ1n) is 14.5. The molecule has 8 aromatic rings. The number of hydrogen-bond donors (Lipinski definition) is 8. The third-order valence-electron chi connectivity index (χ3n) is 8.75. The van der Waals surface area contributed by atoms with Crippen LogP contribution >= 0.6 is 0 Å². The van der Waals surface area contributed by atoms with Gasteiger partial charge in [0.15, 0.2) is 23.0 Å². The SMILES string of the molecule is Oc1c(O)c(O)c2c(-c3cccc4oc5ccccc5c34)c3c(O)c(O)c(O)c(O)c3c(-c3ccccc3-c3ccccc3)c2c1O. The Morgan fingerprint density at radius 3 is 1.32 bits per heavy atom. The summed E-state index contributed by atoms with van der Waals surface area (Å²) in [5.74, 6) is -7.50. The maximum absolute atomic E-state index is 11.6. The number of phenols is 8. The van der Waals surface area contributed by atoms with Crippen molar-refractivity contribution in [3.8, 4) is 79.4 Å². The van der Waals surface area contributed by atoms with Gasteiger partial charge in [0, 0.05) is 43.4 Å². The Labute approximate surface area is 264 Å². The molecule has 0 unspecified atom stereocenters. The summed E-state index contributed by atoms with van der Waals surface area (Å²) < 4.78 is 6.09. The molecule has 1 aromatic heterocycles. The van der Waals surface area contributed by atoms with Crippen LogP contribution in [-0.4, -0.2) is 40.9 Å². The molecular formula is C38H24O9. The van der Waals surface area contributed by atoms with Crippen molar-refractivity contribution in [2.45, 2.75) is 0 Å². The van der Waals surface area contributed by atoms with Crippen molar-refractivity contribution in [3.63, 3.8) is 0 Å². The zero-order chi connectivity index (χ0) is 32.7. The Balaban J connectivity index is 1.72. The highest BCUT2D eigenvalue weighted by Gasteiger charge is 2.33. The molecule has 8 rings (SSSR count). The predicted octanol–water partition coefficient (Wildman–Crippen LogP) is 8.54. The molecule has 0 saturated carbocycles. The standard InChI is InChI=1S/C38H24O9/c39-31-27-25(19-12-5-4-11-18(19)17-9-2-1-3-10-17)28-30(34(42)38(46)36(44)32(28)40)26(29(27)33(41)37(45)35(31)43)21-14-8-16-23-24(21)20-13-6-7-15-22(20)47-23/h1-16,39-46H. The van der Waals surface area contributed by atoms with Gasteiger partial charge in [-0.15, -0.1) is 0 Å². The Bertz CT molecular complexity index is 2520. The van der Waals surface area contributed by atoms with Crippen LogP contribution in [0.5, 0.6) is 46.0 Å². The Hall–Kier alpha value is -6.74. The second-order valence-electron chi connectivity index (χ2n) is 11.2. The highest BCUT2D eigenvalue weighted by molar-refractivity contribution is 6.31. The molecule has 0 radical (unpaired) electrons. The lowest BCUT2D eigenvalue weighted by atomic mass is 9.81. The largest absolute Gasteiger partial charge is 0.504 e. The van der Waals surface area contributed by atoms with E-state index in [9.17, 15) is 40.9 Å². The monoisotopic (exact) mass is 624 g/mol. The number of hydrogen-bond acceptors (Lipinski definition) is 9. The first-order chi connectivity index (χ1) is 22.7. The summed E-state index contributed by atoms with van der Waals surface area (Å²) in [5.41, 5.74) is 2.86. The number of benzene rings is 7. The smallest absolute Gasteiger partial charge is 0.204 e. The maximum atomic E-state index is 11.6. The molecule has 9 nitrogen and oxygen atoms in total. The Morgan fingerprint density at radius 1 is 0.319 bits per heavy atom. The van der Waals surface area contributed by atoms with E-state index in [1.807, 2.05) is 30.3 Å². The molecule has 0 bridgehead atoms. The molecule has 1 heterocycles. The molecule has 0 aliphatic heterocycles. The molecule has 7 aromatic carbocycles. The van der Waals surface area contributed by atoms with Crippen LogP contribution in [0, 0.1) is 0 Å². The molecule has 0 spiro atoms. The average Bonchev–Trinajstić information content (AvgIpc) is 3.49. The lowest BCUT2D eigenvalue weighted by Gasteiger charge is -2.23. The van der Waals surface area contributed by atoms with E-state index in [0.29, 0.717) is 38.6 Å². The summed E-state index contributed by atoms with van der Waals surface area (Å²) in [7, 11) is 0. The summed E-state index contributed by atoms with van der Waals surface area (Å²) in [6.07, 6.45) is 0. The van der Waals surface area contributed by atoms with Crippen LogP contribution in [0.1, 0.15) is 0 Å². The summed E-state index contributed by atoms with van der Waals surface area (Å²) in [5, 5.41) is 90.5. The summed E-state index contributed by atoms with van der Waals surface area (Å²) >= 11 is 0. The van der Waals surface area contributed by atoms with Crippen LogP contribution in [0.25, 0.3) is 76.9 Å². The first-order valence-corrected chi connectivity index (χ1v) is 14.5. The third-order valence-corrected chi connectivity index (χ3v) is 8.75. The van der Waals surface area contributed by atoms with Crippen molar-refractivity contribution >= 4 is 43.5 Å². The van der Waals surface area contributed by atoms with E-state index in [0.717, 1.165) is 5.56 Å². The zero-order valence-corrected chi connectivity index (χ0v) is 24.2. The number of phenolic OH excluding ortho intramolecular Hbond substituents is 8. The van der Waals surface area contributed by atoms with Crippen LogP contribution < -0.4 is 0 Å². The molecule has 0 aliphatic carbocycles. The van der Waals surface area contributed by atoms with Crippen LogP contribution in [0.15, 0.2) is 101 Å². The molecule has 9 heteroatoms. The lowest BCUT2D eigenvalue weighted by molar-refractivity contribution is 0.350. The van der Waals surface area contributed by atoms with E-state index < -0.39 is 46.0 Å². The number of aromatic hydroxyl groups is 8. The normalized spacial score (nSPS) is 11.7. The van der Waals surface area contributed by atoms with Gasteiger partial charge in [-0.1, -0.05) is 84.9 Å². The van der Waals surface area contributed by atoms with Crippen molar-refractivity contribution in [3.05, 3.63) is 97.1 Å². The second-order valence-corrected chi connectivity index (χ2v) is 11.2. The van der Waals surface area contributed by atoms with Crippen molar-refractivity contribution < 1.29 is 45.3 Å². The van der Waals surface area contributed by atoms with Crippen LogP contribution in [0.3, 0.4) is 0 Å². The van der Waals surface area contributed by atoms with Crippen LogP contribution in [-0.2, 0) is 0 Å². The van der Waals surface area contributed by atoms with E-state index in [1.165, 1.54) is 0 Å². The molecule has 0 aliphatic rings. The minimum absolute atomic E-state index is 0.0198. The van der Waals surface area contributed by atoms with Crippen molar-refractivity contribution in [2.24, 2.45) is 0 Å². The summed E-state index contributed by atoms with van der Waals surface area (Å²) in [6, 6.07) is 28.3. The molecule has 0 atom stereocenters. The van der Waals surface area contributed by atoms with Gasteiger partial charge >= 0.3 is 0 Å². The highest BCUT2D eigenvalue weighted by Crippen LogP contribution is 2.63. The second kappa shape index (κ2) is 9.88. The van der Waals surface area contributed by atoms with Crippen molar-refractivity contribution in [1.29, 1.82) is 0 Å². The molecule has 0 saturated heterocycles. The van der Waals surface area contributed by atoms with Crippen LogP contribution in [0.2, 0.25) is 0 Å². The summed E-state index contributed by atoms with van der Waals surface area (Å²) in [4.78, 5) is 0. The average molecular weight is 625 g/mol. The van der Waals surface area contributed by atoms with Gasteiger partial charge in [0.2, 0.25) is 23.0 Å². The number of para-hydroxylation sites is 1. The molecule has 8 N–H and O–H groups in total. The topological polar surface area (TPSA) is 175 Å². The van der Waals surface area contributed by atoms with E-state index >= 15 is 0 Å². The quantitative estimate of drug-likeness (QED) is 0.0544. The minimum atomic E-state index is -1.03. The van der Waals surface area contributed by atoms with E-state index in [1.54, 1.807) is 66.7 Å². The molecule has 0 fully saturated rings. The van der Waals surface area contributed by atoms with Gasteiger partial charge < -0.3 is 45.3 Å². The first kappa shape index (κ1) is 27.8.